The monoisotopic (exact) mass is 252 g/mol. The summed E-state index contributed by atoms with van der Waals surface area (Å²) in [6, 6.07) is 5.76. The maximum atomic E-state index is 5.81. The molecule has 0 saturated carbocycles. The van der Waals surface area contributed by atoms with Crippen molar-refractivity contribution in [2.45, 2.75) is 0 Å². The first kappa shape index (κ1) is 13.0. The van der Waals surface area contributed by atoms with Crippen LogP contribution in [0.15, 0.2) is 18.2 Å². The smallest absolute Gasteiger partial charge is 0.144 e. The van der Waals surface area contributed by atoms with Crippen molar-refractivity contribution in [1.29, 1.82) is 0 Å². The Morgan fingerprint density at radius 2 is 2.06 bits per heavy atom. The minimum Gasteiger partial charge on any atom is -0.489 e. The van der Waals surface area contributed by atoms with Crippen LogP contribution in [0.25, 0.3) is 0 Å². The summed E-state index contributed by atoms with van der Waals surface area (Å²) in [4.78, 5) is 2.26. The van der Waals surface area contributed by atoms with Crippen molar-refractivity contribution in [1.82, 2.24) is 0 Å². The summed E-state index contributed by atoms with van der Waals surface area (Å²) < 4.78 is 16.1. The van der Waals surface area contributed by atoms with Crippen LogP contribution in [0.2, 0.25) is 0 Å². The zero-order valence-electron chi connectivity index (χ0n) is 10.7. The number of morpholine rings is 1. The highest BCUT2D eigenvalue weighted by atomic mass is 16.5. The second-order valence-electron chi connectivity index (χ2n) is 4.17. The summed E-state index contributed by atoms with van der Waals surface area (Å²) in [5, 5.41) is 0. The summed E-state index contributed by atoms with van der Waals surface area (Å²) in [5.74, 6) is 0.814. The van der Waals surface area contributed by atoms with Crippen LogP contribution in [0.1, 0.15) is 0 Å². The van der Waals surface area contributed by atoms with E-state index in [1.165, 1.54) is 0 Å². The van der Waals surface area contributed by atoms with Crippen molar-refractivity contribution in [3.63, 3.8) is 0 Å². The predicted octanol–water partition coefficient (Wildman–Crippen LogP) is 1.13. The van der Waals surface area contributed by atoms with E-state index in [9.17, 15) is 0 Å². The number of rotatable bonds is 5. The highest BCUT2D eigenvalue weighted by Gasteiger charge is 2.15. The Labute approximate surface area is 107 Å². The van der Waals surface area contributed by atoms with Crippen LogP contribution < -0.4 is 15.4 Å². The van der Waals surface area contributed by atoms with Crippen LogP contribution in [0, 0.1) is 0 Å². The van der Waals surface area contributed by atoms with Gasteiger partial charge in [-0.05, 0) is 12.1 Å². The number of ether oxygens (including phenoxy) is 3. The normalized spacial score (nSPS) is 15.7. The van der Waals surface area contributed by atoms with Crippen molar-refractivity contribution >= 4 is 11.4 Å². The lowest BCUT2D eigenvalue weighted by atomic mass is 10.2. The molecule has 0 unspecified atom stereocenters. The van der Waals surface area contributed by atoms with E-state index < -0.39 is 0 Å². The molecular weight excluding hydrogens is 232 g/mol. The topological polar surface area (TPSA) is 57.0 Å². The van der Waals surface area contributed by atoms with Crippen LogP contribution in [0.4, 0.5) is 11.4 Å². The Balaban J connectivity index is 2.11. The zero-order chi connectivity index (χ0) is 12.8. The van der Waals surface area contributed by atoms with Gasteiger partial charge in [-0.25, -0.2) is 0 Å². The fraction of sp³-hybridized carbons (Fsp3) is 0.538. The number of hydrogen-bond donors (Lipinski definition) is 1. The molecule has 1 fully saturated rings. The predicted molar refractivity (Wildman–Crippen MR) is 71.3 cm³/mol. The van der Waals surface area contributed by atoms with Crippen molar-refractivity contribution in [3.8, 4) is 5.75 Å². The number of anilines is 2. The Morgan fingerprint density at radius 3 is 2.78 bits per heavy atom. The molecule has 0 spiro atoms. The van der Waals surface area contributed by atoms with E-state index in [-0.39, 0.29) is 0 Å². The molecule has 0 aromatic heterocycles. The van der Waals surface area contributed by atoms with Crippen LogP contribution in [-0.2, 0) is 9.47 Å². The Bertz CT molecular complexity index is 378. The number of nitrogen functional groups attached to an aromatic ring is 1. The van der Waals surface area contributed by atoms with Gasteiger partial charge in [0.15, 0.2) is 0 Å². The van der Waals surface area contributed by atoms with Gasteiger partial charge >= 0.3 is 0 Å². The summed E-state index contributed by atoms with van der Waals surface area (Å²) in [7, 11) is 1.66. The SMILES string of the molecule is COCCOc1cc(N)ccc1N1CCOCC1. The molecule has 0 aliphatic carbocycles. The van der Waals surface area contributed by atoms with Gasteiger partial charge < -0.3 is 24.8 Å². The molecule has 2 rings (SSSR count). The highest BCUT2D eigenvalue weighted by Crippen LogP contribution is 2.31. The Morgan fingerprint density at radius 1 is 1.28 bits per heavy atom. The van der Waals surface area contributed by atoms with Gasteiger partial charge in [0.1, 0.15) is 12.4 Å². The van der Waals surface area contributed by atoms with E-state index in [4.69, 9.17) is 19.9 Å². The first-order valence-corrected chi connectivity index (χ1v) is 6.15. The highest BCUT2D eigenvalue weighted by molar-refractivity contribution is 5.64. The molecule has 0 atom stereocenters. The van der Waals surface area contributed by atoms with Crippen LogP contribution in [0.5, 0.6) is 5.75 Å². The van der Waals surface area contributed by atoms with Gasteiger partial charge in [0.05, 0.1) is 25.5 Å². The standard InChI is InChI=1S/C13H20N2O3/c1-16-8-9-18-13-10-11(14)2-3-12(13)15-4-6-17-7-5-15/h2-3,10H,4-9,14H2,1H3. The average Bonchev–Trinajstić information content (AvgIpc) is 2.40. The van der Waals surface area contributed by atoms with E-state index >= 15 is 0 Å². The van der Waals surface area contributed by atoms with E-state index in [1.54, 1.807) is 7.11 Å². The summed E-state index contributed by atoms with van der Waals surface area (Å²) >= 11 is 0. The average molecular weight is 252 g/mol. The molecule has 1 saturated heterocycles. The largest absolute Gasteiger partial charge is 0.489 e. The molecule has 1 aromatic carbocycles. The van der Waals surface area contributed by atoms with Crippen LogP contribution >= 0.6 is 0 Å². The van der Waals surface area contributed by atoms with Gasteiger partial charge in [-0.15, -0.1) is 0 Å². The molecular formula is C13H20N2O3. The van der Waals surface area contributed by atoms with E-state index in [0.29, 0.717) is 18.9 Å². The lowest BCUT2D eigenvalue weighted by Crippen LogP contribution is -2.36. The number of hydrogen-bond acceptors (Lipinski definition) is 5. The summed E-state index contributed by atoms with van der Waals surface area (Å²) in [6.45, 7) is 4.35. The van der Waals surface area contributed by atoms with Crippen molar-refractivity contribution in [2.24, 2.45) is 0 Å². The third-order valence-electron chi connectivity index (χ3n) is 2.88. The van der Waals surface area contributed by atoms with Crippen LogP contribution in [0.3, 0.4) is 0 Å². The fourth-order valence-electron chi connectivity index (χ4n) is 1.95. The number of nitrogens with zero attached hydrogens (tertiary/aromatic N) is 1. The van der Waals surface area contributed by atoms with Gasteiger partial charge in [0.25, 0.3) is 0 Å². The molecule has 5 heteroatoms. The second-order valence-corrected chi connectivity index (χ2v) is 4.17. The maximum absolute atomic E-state index is 5.81. The van der Waals surface area contributed by atoms with Gasteiger partial charge in [-0.2, -0.15) is 0 Å². The van der Waals surface area contributed by atoms with Gasteiger partial charge in [0.2, 0.25) is 0 Å². The minimum absolute atomic E-state index is 0.525. The second kappa shape index (κ2) is 6.47. The molecule has 100 valence electrons. The Hall–Kier alpha value is -1.46. The molecule has 2 N–H and O–H groups in total. The number of nitrogens with two attached hydrogens (primary N) is 1. The van der Waals surface area contributed by atoms with Gasteiger partial charge in [-0.3, -0.25) is 0 Å². The molecule has 0 amide bonds. The number of methoxy groups -OCH3 is 1. The molecule has 5 nitrogen and oxygen atoms in total. The Kier molecular flexibility index (Phi) is 4.66. The molecule has 18 heavy (non-hydrogen) atoms. The maximum Gasteiger partial charge on any atom is 0.144 e. The van der Waals surface area contributed by atoms with Crippen LogP contribution in [-0.4, -0.2) is 46.6 Å². The molecule has 0 bridgehead atoms. The van der Waals surface area contributed by atoms with Gasteiger partial charge in [-0.1, -0.05) is 0 Å². The van der Waals surface area contributed by atoms with E-state index in [1.807, 2.05) is 18.2 Å². The molecule has 1 heterocycles. The quantitative estimate of drug-likeness (QED) is 0.629. The van der Waals surface area contributed by atoms with E-state index in [0.717, 1.165) is 37.7 Å². The molecule has 0 radical (unpaired) electrons. The minimum atomic E-state index is 0.525. The van der Waals surface area contributed by atoms with E-state index in [2.05, 4.69) is 4.90 Å². The first-order chi connectivity index (χ1) is 8.81. The van der Waals surface area contributed by atoms with Crippen molar-refractivity contribution in [2.75, 3.05) is 57.3 Å². The lowest BCUT2D eigenvalue weighted by Gasteiger charge is -2.30. The zero-order valence-corrected chi connectivity index (χ0v) is 10.7. The molecule has 1 aliphatic rings. The van der Waals surface area contributed by atoms with Gasteiger partial charge in [0, 0.05) is 32.0 Å². The third kappa shape index (κ3) is 3.27. The van der Waals surface area contributed by atoms with Crippen molar-refractivity contribution in [3.05, 3.63) is 18.2 Å². The molecule has 1 aliphatic heterocycles. The first-order valence-electron chi connectivity index (χ1n) is 6.15. The van der Waals surface area contributed by atoms with Crippen molar-refractivity contribution < 1.29 is 14.2 Å². The molecule has 1 aromatic rings. The summed E-state index contributed by atoms with van der Waals surface area (Å²) in [5.41, 5.74) is 7.59. The fourth-order valence-corrected chi connectivity index (χ4v) is 1.95. The lowest BCUT2D eigenvalue weighted by molar-refractivity contribution is 0.121. The third-order valence-corrected chi connectivity index (χ3v) is 2.88. The summed E-state index contributed by atoms with van der Waals surface area (Å²) in [6.07, 6.45) is 0. The number of benzene rings is 1.